The van der Waals surface area contributed by atoms with Gasteiger partial charge in [-0.25, -0.2) is 8.78 Å². The van der Waals surface area contributed by atoms with Gasteiger partial charge < -0.3 is 10.2 Å². The minimum atomic E-state index is -2.65. The highest BCUT2D eigenvalue weighted by Crippen LogP contribution is 2.69. The topological polar surface area (TPSA) is 57.5 Å². The summed E-state index contributed by atoms with van der Waals surface area (Å²) >= 11 is 0. The summed E-state index contributed by atoms with van der Waals surface area (Å²) in [6, 6.07) is 0. The van der Waals surface area contributed by atoms with Crippen molar-refractivity contribution in [1.82, 2.24) is 0 Å². The van der Waals surface area contributed by atoms with Crippen molar-refractivity contribution in [2.75, 3.05) is 6.61 Å². The van der Waals surface area contributed by atoms with Crippen LogP contribution in [0.1, 0.15) is 71.6 Å². The Hall–Kier alpha value is -0.550. The number of carbonyl (C=O) groups excluding carboxylic acids is 1. The lowest BCUT2D eigenvalue weighted by Crippen LogP contribution is -2.57. The smallest absolute Gasteiger partial charge is 0.266 e. The first kappa shape index (κ1) is 19.8. The maximum Gasteiger partial charge on any atom is 0.266 e. The Kier molecular flexibility index (Phi) is 4.74. The standard InChI is InChI=1S/C22H34F2O3/c1-20-8-5-13-11-22(27,19(23)24)10-6-14(13)15(20)7-9-21(2)16(17(26)12-25)3-4-18(20)21/h13-16,18-19,25,27H,3-12H2,1-2H3/t13?,14?,15-,16-,18+,20?,21-,22+/m1/s1. The molecule has 0 aromatic heterocycles. The molecule has 27 heavy (non-hydrogen) atoms. The normalized spacial score (nSPS) is 52.2. The van der Waals surface area contributed by atoms with E-state index in [9.17, 15) is 23.8 Å². The minimum Gasteiger partial charge on any atom is -0.389 e. The molecule has 4 saturated carbocycles. The summed E-state index contributed by atoms with van der Waals surface area (Å²) < 4.78 is 26.7. The predicted molar refractivity (Wildman–Crippen MR) is 98.3 cm³/mol. The molecular weight excluding hydrogens is 350 g/mol. The number of rotatable bonds is 3. The van der Waals surface area contributed by atoms with Gasteiger partial charge in [0.1, 0.15) is 12.2 Å². The van der Waals surface area contributed by atoms with Gasteiger partial charge in [-0.1, -0.05) is 13.8 Å². The maximum absolute atomic E-state index is 13.3. The molecule has 0 amide bonds. The van der Waals surface area contributed by atoms with Crippen LogP contribution < -0.4 is 0 Å². The van der Waals surface area contributed by atoms with Gasteiger partial charge in [-0.15, -0.1) is 0 Å². The molecule has 154 valence electrons. The molecule has 3 nitrogen and oxygen atoms in total. The number of hydrogen-bond donors (Lipinski definition) is 2. The number of alkyl halides is 2. The van der Waals surface area contributed by atoms with Crippen LogP contribution in [0.5, 0.6) is 0 Å². The van der Waals surface area contributed by atoms with Crippen LogP contribution in [0.25, 0.3) is 0 Å². The van der Waals surface area contributed by atoms with Crippen LogP contribution in [0.3, 0.4) is 0 Å². The largest absolute Gasteiger partial charge is 0.389 e. The van der Waals surface area contributed by atoms with E-state index >= 15 is 0 Å². The molecule has 5 heteroatoms. The molecule has 8 atom stereocenters. The number of ketones is 1. The SMILES string of the molecule is CC12CCC3C[C@](O)(C(F)F)CCC3[C@H]1CC[C@]1(C)[C@@H](C(=O)CO)CC[C@@H]21. The first-order chi connectivity index (χ1) is 12.7. The lowest BCUT2D eigenvalue weighted by molar-refractivity contribution is -0.178. The fourth-order valence-corrected chi connectivity index (χ4v) is 8.32. The van der Waals surface area contributed by atoms with Crippen LogP contribution in [0.4, 0.5) is 8.78 Å². The van der Waals surface area contributed by atoms with Gasteiger partial charge in [0.15, 0.2) is 5.78 Å². The quantitative estimate of drug-likeness (QED) is 0.767. The maximum atomic E-state index is 13.3. The van der Waals surface area contributed by atoms with Crippen molar-refractivity contribution in [3.8, 4) is 0 Å². The Bertz CT molecular complexity index is 610. The second-order valence-electron chi connectivity index (χ2n) is 10.6. The van der Waals surface area contributed by atoms with E-state index in [4.69, 9.17) is 0 Å². The summed E-state index contributed by atoms with van der Waals surface area (Å²) in [5, 5.41) is 19.8. The van der Waals surface area contributed by atoms with Gasteiger partial charge >= 0.3 is 0 Å². The van der Waals surface area contributed by atoms with E-state index in [0.717, 1.165) is 38.5 Å². The average molecular weight is 385 g/mol. The summed E-state index contributed by atoms with van der Waals surface area (Å²) in [5.41, 5.74) is -1.67. The molecular formula is C22H34F2O3. The number of Topliss-reactive ketones (excluding diaryl/α,β-unsaturated/α-hetero) is 1. The van der Waals surface area contributed by atoms with Crippen molar-refractivity contribution in [3.05, 3.63) is 0 Å². The summed E-state index contributed by atoms with van der Waals surface area (Å²) in [6.45, 7) is 4.28. The zero-order valence-electron chi connectivity index (χ0n) is 16.6. The van der Waals surface area contributed by atoms with E-state index in [1.54, 1.807) is 0 Å². The molecule has 0 bridgehead atoms. The average Bonchev–Trinajstić information content (AvgIpc) is 2.99. The van der Waals surface area contributed by atoms with Crippen molar-refractivity contribution in [3.63, 3.8) is 0 Å². The number of halogens is 2. The molecule has 0 heterocycles. The lowest BCUT2D eigenvalue weighted by Gasteiger charge is -2.62. The highest BCUT2D eigenvalue weighted by Gasteiger charge is 2.63. The van der Waals surface area contributed by atoms with Crippen molar-refractivity contribution in [2.45, 2.75) is 83.7 Å². The summed E-state index contributed by atoms with van der Waals surface area (Å²) in [4.78, 5) is 12.4. The molecule has 0 spiro atoms. The van der Waals surface area contributed by atoms with Gasteiger partial charge in [0.2, 0.25) is 0 Å². The number of aliphatic hydroxyl groups excluding tert-OH is 1. The Morgan fingerprint density at radius 2 is 1.74 bits per heavy atom. The molecule has 0 aromatic carbocycles. The van der Waals surface area contributed by atoms with E-state index in [2.05, 4.69) is 13.8 Å². The lowest BCUT2D eigenvalue weighted by atomic mass is 9.43. The summed E-state index contributed by atoms with van der Waals surface area (Å²) in [5.74, 6) is 1.59. The first-order valence-electron chi connectivity index (χ1n) is 10.8. The van der Waals surface area contributed by atoms with Crippen LogP contribution in [-0.2, 0) is 4.79 Å². The molecule has 0 aromatic rings. The monoisotopic (exact) mass is 384 g/mol. The Morgan fingerprint density at radius 1 is 1.04 bits per heavy atom. The Labute approximate surface area is 160 Å². The molecule has 3 unspecified atom stereocenters. The molecule has 4 aliphatic carbocycles. The number of fused-ring (bicyclic) bond motifs is 5. The van der Waals surface area contributed by atoms with Gasteiger partial charge in [-0.2, -0.15) is 0 Å². The minimum absolute atomic E-state index is 0.00426. The number of hydrogen-bond acceptors (Lipinski definition) is 3. The Balaban J connectivity index is 1.58. The highest BCUT2D eigenvalue weighted by molar-refractivity contribution is 5.83. The van der Waals surface area contributed by atoms with E-state index in [1.165, 1.54) is 0 Å². The van der Waals surface area contributed by atoms with E-state index < -0.39 is 12.0 Å². The molecule has 4 rings (SSSR count). The second kappa shape index (κ2) is 6.48. The van der Waals surface area contributed by atoms with Gasteiger partial charge in [-0.3, -0.25) is 4.79 Å². The highest BCUT2D eigenvalue weighted by atomic mass is 19.3. The third kappa shape index (κ3) is 2.74. The van der Waals surface area contributed by atoms with Crippen molar-refractivity contribution in [1.29, 1.82) is 0 Å². The van der Waals surface area contributed by atoms with Gasteiger partial charge in [0.25, 0.3) is 6.43 Å². The predicted octanol–water partition coefficient (Wildman–Crippen LogP) is 4.20. The van der Waals surface area contributed by atoms with Crippen LogP contribution >= 0.6 is 0 Å². The van der Waals surface area contributed by atoms with E-state index in [-0.39, 0.29) is 47.9 Å². The van der Waals surface area contributed by atoms with Crippen LogP contribution in [0, 0.1) is 40.4 Å². The van der Waals surface area contributed by atoms with Crippen LogP contribution in [0.15, 0.2) is 0 Å². The van der Waals surface area contributed by atoms with E-state index in [1.807, 2.05) is 0 Å². The summed E-state index contributed by atoms with van der Waals surface area (Å²) in [6.07, 6.45) is 4.40. The van der Waals surface area contributed by atoms with Crippen LogP contribution in [-0.4, -0.2) is 34.6 Å². The van der Waals surface area contributed by atoms with Crippen molar-refractivity contribution in [2.24, 2.45) is 40.4 Å². The van der Waals surface area contributed by atoms with E-state index in [0.29, 0.717) is 24.2 Å². The van der Waals surface area contributed by atoms with Gasteiger partial charge in [-0.05, 0) is 92.3 Å². The first-order valence-corrected chi connectivity index (χ1v) is 10.8. The zero-order valence-corrected chi connectivity index (χ0v) is 16.6. The fraction of sp³-hybridized carbons (Fsp3) is 0.955. The molecule has 4 fully saturated rings. The molecule has 0 saturated heterocycles. The third-order valence-electron chi connectivity index (χ3n) is 9.63. The molecule has 0 aliphatic heterocycles. The van der Waals surface area contributed by atoms with Gasteiger partial charge in [0, 0.05) is 5.92 Å². The fourth-order valence-electron chi connectivity index (χ4n) is 8.32. The molecule has 0 radical (unpaired) electrons. The Morgan fingerprint density at radius 3 is 2.41 bits per heavy atom. The number of carbonyl (C=O) groups is 1. The van der Waals surface area contributed by atoms with Crippen molar-refractivity contribution < 1.29 is 23.8 Å². The molecule has 4 aliphatic rings. The zero-order chi connectivity index (χ0) is 19.6. The van der Waals surface area contributed by atoms with Crippen molar-refractivity contribution >= 4 is 5.78 Å². The van der Waals surface area contributed by atoms with Crippen LogP contribution in [0.2, 0.25) is 0 Å². The number of aliphatic hydroxyl groups is 2. The molecule has 2 N–H and O–H groups in total. The van der Waals surface area contributed by atoms with Gasteiger partial charge in [0.05, 0.1) is 0 Å². The summed E-state index contributed by atoms with van der Waals surface area (Å²) in [7, 11) is 0. The second-order valence-corrected chi connectivity index (χ2v) is 10.6. The third-order valence-corrected chi connectivity index (χ3v) is 9.63.